The highest BCUT2D eigenvalue weighted by Gasteiger charge is 2.18. The lowest BCUT2D eigenvalue weighted by Gasteiger charge is -2.23. The molecule has 0 saturated heterocycles. The molecule has 0 atom stereocenters. The molecule has 1 aromatic heterocycles. The summed E-state index contributed by atoms with van der Waals surface area (Å²) in [6.07, 6.45) is 1.48. The van der Waals surface area contributed by atoms with Crippen LogP contribution >= 0.6 is 0 Å². The van der Waals surface area contributed by atoms with E-state index < -0.39 is 17.5 Å². The fourth-order valence-electron chi connectivity index (χ4n) is 2.62. The Labute approximate surface area is 155 Å². The van der Waals surface area contributed by atoms with Crippen LogP contribution in [0.5, 0.6) is 0 Å². The minimum Gasteiger partial charge on any atom is -0.338 e. The SMILES string of the molecule is CC(C)(C)c1ccccc1Nc1nccc(Nc2ccc(F)c(F)c2F)n1. The standard InChI is InChI=1S/C20H19F3N4/c1-20(2,3)12-6-4-5-7-14(12)26-19-24-11-10-16(27-19)25-15-9-8-13(21)17(22)18(15)23/h4-11H,1-3H3,(H2,24,25,26,27). The van der Waals surface area contributed by atoms with E-state index in [1.165, 1.54) is 12.3 Å². The second-order valence-electron chi connectivity index (χ2n) is 7.03. The van der Waals surface area contributed by atoms with Gasteiger partial charge in [0.15, 0.2) is 17.5 Å². The molecule has 4 nitrogen and oxygen atoms in total. The van der Waals surface area contributed by atoms with E-state index in [1.807, 2.05) is 24.3 Å². The van der Waals surface area contributed by atoms with E-state index in [-0.39, 0.29) is 16.9 Å². The number of hydrogen-bond acceptors (Lipinski definition) is 4. The number of hydrogen-bond donors (Lipinski definition) is 2. The smallest absolute Gasteiger partial charge is 0.229 e. The van der Waals surface area contributed by atoms with Gasteiger partial charge in [-0.3, -0.25) is 0 Å². The summed E-state index contributed by atoms with van der Waals surface area (Å²) in [6, 6.07) is 11.2. The van der Waals surface area contributed by atoms with Crippen LogP contribution in [0.1, 0.15) is 26.3 Å². The van der Waals surface area contributed by atoms with Crippen molar-refractivity contribution in [1.82, 2.24) is 9.97 Å². The highest BCUT2D eigenvalue weighted by molar-refractivity contribution is 5.63. The van der Waals surface area contributed by atoms with Gasteiger partial charge in [0.1, 0.15) is 5.82 Å². The zero-order valence-corrected chi connectivity index (χ0v) is 15.1. The van der Waals surface area contributed by atoms with Gasteiger partial charge in [-0.25, -0.2) is 18.2 Å². The van der Waals surface area contributed by atoms with Gasteiger partial charge in [0.2, 0.25) is 5.95 Å². The van der Waals surface area contributed by atoms with Gasteiger partial charge >= 0.3 is 0 Å². The first kappa shape index (κ1) is 18.7. The van der Waals surface area contributed by atoms with E-state index in [9.17, 15) is 13.2 Å². The Morgan fingerprint density at radius 2 is 1.56 bits per heavy atom. The van der Waals surface area contributed by atoms with Crippen LogP contribution in [0, 0.1) is 17.5 Å². The predicted molar refractivity (Wildman–Crippen MR) is 100 cm³/mol. The fourth-order valence-corrected chi connectivity index (χ4v) is 2.62. The number of rotatable bonds is 4. The molecule has 0 unspecified atom stereocenters. The van der Waals surface area contributed by atoms with E-state index in [0.717, 1.165) is 23.4 Å². The van der Waals surface area contributed by atoms with Crippen molar-refractivity contribution in [2.75, 3.05) is 10.6 Å². The largest absolute Gasteiger partial charge is 0.338 e. The van der Waals surface area contributed by atoms with Gasteiger partial charge in [0, 0.05) is 11.9 Å². The minimum atomic E-state index is -1.54. The monoisotopic (exact) mass is 372 g/mol. The molecular weight excluding hydrogens is 353 g/mol. The van der Waals surface area contributed by atoms with Crippen LogP contribution in [0.2, 0.25) is 0 Å². The Morgan fingerprint density at radius 1 is 0.815 bits per heavy atom. The second kappa shape index (κ2) is 7.26. The molecule has 140 valence electrons. The number of para-hydroxylation sites is 1. The third-order valence-electron chi connectivity index (χ3n) is 3.94. The van der Waals surface area contributed by atoms with Gasteiger partial charge in [0.05, 0.1) is 5.69 Å². The van der Waals surface area contributed by atoms with Gasteiger partial charge < -0.3 is 10.6 Å². The molecule has 2 N–H and O–H groups in total. The van der Waals surface area contributed by atoms with E-state index in [4.69, 9.17) is 0 Å². The summed E-state index contributed by atoms with van der Waals surface area (Å²) >= 11 is 0. The van der Waals surface area contributed by atoms with Crippen LogP contribution in [0.25, 0.3) is 0 Å². The lowest BCUT2D eigenvalue weighted by atomic mass is 9.86. The quantitative estimate of drug-likeness (QED) is 0.579. The number of nitrogens with zero attached hydrogens (tertiary/aromatic N) is 2. The number of anilines is 4. The Morgan fingerprint density at radius 3 is 2.30 bits per heavy atom. The zero-order valence-electron chi connectivity index (χ0n) is 15.1. The summed E-state index contributed by atoms with van der Waals surface area (Å²) in [4.78, 5) is 8.43. The van der Waals surface area contributed by atoms with E-state index in [0.29, 0.717) is 5.95 Å². The maximum absolute atomic E-state index is 13.8. The first-order valence-electron chi connectivity index (χ1n) is 8.36. The maximum atomic E-state index is 13.8. The molecule has 0 radical (unpaired) electrons. The maximum Gasteiger partial charge on any atom is 0.229 e. The van der Waals surface area contributed by atoms with Crippen LogP contribution in [0.15, 0.2) is 48.7 Å². The van der Waals surface area contributed by atoms with Crippen LogP contribution in [0.3, 0.4) is 0 Å². The Bertz CT molecular complexity index is 968. The highest BCUT2D eigenvalue weighted by Crippen LogP contribution is 2.31. The lowest BCUT2D eigenvalue weighted by Crippen LogP contribution is -2.14. The second-order valence-corrected chi connectivity index (χ2v) is 7.03. The number of nitrogens with one attached hydrogen (secondary N) is 2. The van der Waals surface area contributed by atoms with Gasteiger partial charge in [-0.1, -0.05) is 39.0 Å². The van der Waals surface area contributed by atoms with Gasteiger partial charge in [-0.15, -0.1) is 0 Å². The van der Waals surface area contributed by atoms with Gasteiger partial charge in [0.25, 0.3) is 0 Å². The van der Waals surface area contributed by atoms with Crippen molar-refractivity contribution in [2.45, 2.75) is 26.2 Å². The van der Waals surface area contributed by atoms with Crippen LogP contribution in [0.4, 0.5) is 36.3 Å². The zero-order chi connectivity index (χ0) is 19.6. The molecule has 27 heavy (non-hydrogen) atoms. The van der Waals surface area contributed by atoms with Crippen LogP contribution in [-0.4, -0.2) is 9.97 Å². The van der Waals surface area contributed by atoms with Crippen molar-refractivity contribution in [2.24, 2.45) is 0 Å². The van der Waals surface area contributed by atoms with Crippen molar-refractivity contribution < 1.29 is 13.2 Å². The number of halogens is 3. The normalized spacial score (nSPS) is 11.3. The van der Waals surface area contributed by atoms with Crippen molar-refractivity contribution in [1.29, 1.82) is 0 Å². The van der Waals surface area contributed by atoms with Crippen molar-refractivity contribution >= 4 is 23.1 Å². The molecule has 3 rings (SSSR count). The van der Waals surface area contributed by atoms with Gasteiger partial charge in [-0.05, 0) is 35.2 Å². The first-order chi connectivity index (χ1) is 12.8. The minimum absolute atomic E-state index is 0.0891. The lowest BCUT2D eigenvalue weighted by molar-refractivity contribution is 0.449. The summed E-state index contributed by atoms with van der Waals surface area (Å²) in [5.41, 5.74) is 1.63. The summed E-state index contributed by atoms with van der Waals surface area (Å²) < 4.78 is 40.3. The molecule has 3 aromatic rings. The summed E-state index contributed by atoms with van der Waals surface area (Å²) in [7, 11) is 0. The van der Waals surface area contributed by atoms with Crippen LogP contribution < -0.4 is 10.6 Å². The average Bonchev–Trinajstić information content (AvgIpc) is 2.62. The number of benzene rings is 2. The Hall–Kier alpha value is -3.09. The Balaban J connectivity index is 1.87. The number of aromatic nitrogens is 2. The topological polar surface area (TPSA) is 49.8 Å². The molecule has 0 aliphatic heterocycles. The highest BCUT2D eigenvalue weighted by atomic mass is 19.2. The molecule has 0 fully saturated rings. The predicted octanol–water partition coefficient (Wildman–Crippen LogP) is 5.68. The fraction of sp³-hybridized carbons (Fsp3) is 0.200. The van der Waals surface area contributed by atoms with E-state index in [2.05, 4.69) is 41.4 Å². The molecule has 7 heteroatoms. The third kappa shape index (κ3) is 4.19. The van der Waals surface area contributed by atoms with Crippen molar-refractivity contribution in [3.63, 3.8) is 0 Å². The first-order valence-corrected chi connectivity index (χ1v) is 8.36. The third-order valence-corrected chi connectivity index (χ3v) is 3.94. The molecule has 1 heterocycles. The summed E-state index contributed by atoms with van der Waals surface area (Å²) in [6.45, 7) is 6.29. The molecule has 0 bridgehead atoms. The average molecular weight is 372 g/mol. The molecule has 0 saturated carbocycles. The molecule has 2 aromatic carbocycles. The van der Waals surface area contributed by atoms with Gasteiger partial charge in [-0.2, -0.15) is 4.98 Å². The summed E-state index contributed by atoms with van der Waals surface area (Å²) in [5, 5.41) is 5.79. The molecular formula is C20H19F3N4. The van der Waals surface area contributed by atoms with E-state index in [1.54, 1.807) is 0 Å². The molecule has 0 amide bonds. The molecule has 0 aliphatic rings. The Kier molecular flexibility index (Phi) is 5.03. The molecule has 0 aliphatic carbocycles. The summed E-state index contributed by atoms with van der Waals surface area (Å²) in [5.74, 6) is -3.56. The van der Waals surface area contributed by atoms with Crippen LogP contribution in [-0.2, 0) is 5.41 Å². The van der Waals surface area contributed by atoms with Crippen molar-refractivity contribution in [3.8, 4) is 0 Å². The van der Waals surface area contributed by atoms with Crippen molar-refractivity contribution in [3.05, 3.63) is 71.7 Å². The van der Waals surface area contributed by atoms with E-state index >= 15 is 0 Å². The molecule has 0 spiro atoms.